The number of aromatic amines is 1. The van der Waals surface area contributed by atoms with Crippen molar-refractivity contribution >= 4 is 16.8 Å². The van der Waals surface area contributed by atoms with Crippen LogP contribution < -0.4 is 5.32 Å². The number of aromatic nitrogens is 1. The van der Waals surface area contributed by atoms with E-state index in [0.29, 0.717) is 12.8 Å². The van der Waals surface area contributed by atoms with Gasteiger partial charge in [0, 0.05) is 29.1 Å². The number of rotatable bonds is 5. The molecule has 0 atom stereocenters. The first kappa shape index (κ1) is 19.6. The molecular weight excluding hydrogens is 365 g/mol. The molecule has 3 aromatic rings. The fourth-order valence-electron chi connectivity index (χ4n) is 2.93. The Hall–Kier alpha value is -3.20. The maximum atomic E-state index is 12.7. The molecule has 0 unspecified atom stereocenters. The number of nitrogens with one attached hydrogen (secondary N) is 2. The highest BCUT2D eigenvalue weighted by Gasteiger charge is 2.30. The third-order valence-electron chi connectivity index (χ3n) is 4.32. The molecule has 144 valence electrons. The Bertz CT molecular complexity index is 1030. The monoisotopic (exact) mass is 384 g/mol. The highest BCUT2D eigenvalue weighted by Crippen LogP contribution is 2.29. The van der Waals surface area contributed by atoms with Crippen LogP contribution in [-0.2, 0) is 17.4 Å². The van der Waals surface area contributed by atoms with Crippen molar-refractivity contribution in [3.05, 3.63) is 71.4 Å². The predicted molar refractivity (Wildman–Crippen MR) is 103 cm³/mol. The lowest BCUT2D eigenvalue weighted by Gasteiger charge is -2.05. The summed E-state index contributed by atoms with van der Waals surface area (Å²) >= 11 is 0. The molecule has 0 aliphatic rings. The van der Waals surface area contributed by atoms with Crippen molar-refractivity contribution in [3.63, 3.8) is 0 Å². The number of carbonyl (C=O) groups excluding carboxylic acids is 1. The van der Waals surface area contributed by atoms with E-state index < -0.39 is 11.7 Å². The Labute approximate surface area is 161 Å². The van der Waals surface area contributed by atoms with Gasteiger partial charge >= 0.3 is 6.18 Å². The minimum absolute atomic E-state index is 0.0994. The molecular formula is C22H19F3N2O. The number of carbonyl (C=O) groups is 1. The Morgan fingerprint density at radius 3 is 2.75 bits per heavy atom. The molecule has 3 rings (SSSR count). The van der Waals surface area contributed by atoms with E-state index >= 15 is 0 Å². The smallest absolute Gasteiger partial charge is 0.361 e. The van der Waals surface area contributed by atoms with Gasteiger partial charge < -0.3 is 10.3 Å². The largest absolute Gasteiger partial charge is 0.416 e. The molecule has 1 amide bonds. The lowest BCUT2D eigenvalue weighted by atomic mass is 10.1. The molecule has 1 aromatic heterocycles. The number of amides is 1. The predicted octanol–water partition coefficient (Wildman–Crippen LogP) is 4.68. The molecule has 0 radical (unpaired) electrons. The van der Waals surface area contributed by atoms with Gasteiger partial charge in [-0.05, 0) is 42.7 Å². The summed E-state index contributed by atoms with van der Waals surface area (Å²) in [7, 11) is 0. The van der Waals surface area contributed by atoms with Crippen molar-refractivity contribution in [2.24, 2.45) is 0 Å². The quantitative estimate of drug-likeness (QED) is 0.617. The van der Waals surface area contributed by atoms with Crippen LogP contribution in [0.5, 0.6) is 0 Å². The number of aryl methyl sites for hydroxylation is 1. The van der Waals surface area contributed by atoms with Crippen molar-refractivity contribution in [1.29, 1.82) is 0 Å². The number of hydrogen-bond donors (Lipinski definition) is 2. The molecule has 0 saturated heterocycles. The maximum absolute atomic E-state index is 12.7. The lowest BCUT2D eigenvalue weighted by molar-refractivity contribution is -0.137. The molecule has 3 nitrogen and oxygen atoms in total. The average molecular weight is 384 g/mol. The fraction of sp³-hybridized carbons (Fsp3) is 0.227. The van der Waals surface area contributed by atoms with E-state index in [1.807, 2.05) is 30.5 Å². The van der Waals surface area contributed by atoms with Gasteiger partial charge in [-0.25, -0.2) is 0 Å². The zero-order valence-corrected chi connectivity index (χ0v) is 15.1. The molecule has 0 fully saturated rings. The molecule has 0 aliphatic heterocycles. The summed E-state index contributed by atoms with van der Waals surface area (Å²) in [5, 5.41) is 3.83. The van der Waals surface area contributed by atoms with Crippen LogP contribution in [0.25, 0.3) is 10.9 Å². The third kappa shape index (κ3) is 5.17. The van der Waals surface area contributed by atoms with Crippen LogP contribution in [0.4, 0.5) is 13.2 Å². The number of benzene rings is 2. The second-order valence-corrected chi connectivity index (χ2v) is 6.37. The normalized spacial score (nSPS) is 11.1. The molecule has 0 spiro atoms. The SMILES string of the molecule is O=C(CCCc1c[nH]c2ccccc12)NCC#Cc1cccc(C(F)(F)F)c1. The van der Waals surface area contributed by atoms with Crippen LogP contribution in [0.1, 0.15) is 29.5 Å². The van der Waals surface area contributed by atoms with Crippen molar-refractivity contribution in [2.45, 2.75) is 25.4 Å². The molecule has 6 heteroatoms. The van der Waals surface area contributed by atoms with E-state index in [4.69, 9.17) is 0 Å². The molecule has 0 saturated carbocycles. The van der Waals surface area contributed by atoms with E-state index in [-0.39, 0.29) is 18.0 Å². The number of alkyl halides is 3. The molecule has 2 N–H and O–H groups in total. The summed E-state index contributed by atoms with van der Waals surface area (Å²) in [4.78, 5) is 15.1. The molecule has 0 aliphatic carbocycles. The van der Waals surface area contributed by atoms with E-state index in [1.54, 1.807) is 0 Å². The third-order valence-corrected chi connectivity index (χ3v) is 4.32. The summed E-state index contributed by atoms with van der Waals surface area (Å²) < 4.78 is 38.0. The topological polar surface area (TPSA) is 44.9 Å². The van der Waals surface area contributed by atoms with Gasteiger partial charge in [-0.1, -0.05) is 36.1 Å². The number of para-hydroxylation sites is 1. The van der Waals surface area contributed by atoms with Crippen LogP contribution >= 0.6 is 0 Å². The Morgan fingerprint density at radius 2 is 1.93 bits per heavy atom. The number of fused-ring (bicyclic) bond motifs is 1. The van der Waals surface area contributed by atoms with Crippen LogP contribution in [0, 0.1) is 11.8 Å². The standard InChI is InChI=1S/C22H19F3N2O/c23-22(24,25)18-9-3-6-16(14-18)7-5-13-26-21(28)12-4-8-17-15-27-20-11-2-1-10-19(17)20/h1-3,6,9-11,14-15,27H,4,8,12-13H2,(H,26,28). The highest BCUT2D eigenvalue weighted by molar-refractivity contribution is 5.83. The Morgan fingerprint density at radius 1 is 1.11 bits per heavy atom. The van der Waals surface area contributed by atoms with Crippen molar-refractivity contribution in [2.75, 3.05) is 6.54 Å². The van der Waals surface area contributed by atoms with Crippen LogP contribution in [0.15, 0.2) is 54.7 Å². The first-order valence-corrected chi connectivity index (χ1v) is 8.91. The van der Waals surface area contributed by atoms with Crippen LogP contribution in [0.3, 0.4) is 0 Å². The van der Waals surface area contributed by atoms with E-state index in [9.17, 15) is 18.0 Å². The van der Waals surface area contributed by atoms with Crippen molar-refractivity contribution in [3.8, 4) is 11.8 Å². The van der Waals surface area contributed by atoms with Gasteiger partial charge in [0.2, 0.25) is 5.91 Å². The second kappa shape index (κ2) is 8.66. The molecule has 0 bridgehead atoms. The van der Waals surface area contributed by atoms with Gasteiger partial charge in [0.15, 0.2) is 0 Å². The molecule has 1 heterocycles. The summed E-state index contributed by atoms with van der Waals surface area (Å²) in [5.74, 6) is 5.20. The average Bonchev–Trinajstić information content (AvgIpc) is 3.08. The fourth-order valence-corrected chi connectivity index (χ4v) is 2.93. The van der Waals surface area contributed by atoms with Gasteiger partial charge in [-0.2, -0.15) is 13.2 Å². The first-order valence-electron chi connectivity index (χ1n) is 8.91. The highest BCUT2D eigenvalue weighted by atomic mass is 19.4. The number of halogens is 3. The zero-order valence-electron chi connectivity index (χ0n) is 15.1. The summed E-state index contributed by atoms with van der Waals surface area (Å²) in [5.41, 5.74) is 1.78. The van der Waals surface area contributed by atoms with Crippen LogP contribution in [0.2, 0.25) is 0 Å². The van der Waals surface area contributed by atoms with Gasteiger partial charge in [0.25, 0.3) is 0 Å². The van der Waals surface area contributed by atoms with Gasteiger partial charge in [0.1, 0.15) is 0 Å². The van der Waals surface area contributed by atoms with Crippen molar-refractivity contribution < 1.29 is 18.0 Å². The summed E-state index contributed by atoms with van der Waals surface area (Å²) in [6.45, 7) is 0.0994. The lowest BCUT2D eigenvalue weighted by Crippen LogP contribution is -2.23. The number of H-pyrrole nitrogens is 1. The van der Waals surface area contributed by atoms with Gasteiger partial charge in [-0.15, -0.1) is 0 Å². The Kier molecular flexibility index (Phi) is 6.05. The second-order valence-electron chi connectivity index (χ2n) is 6.37. The molecule has 28 heavy (non-hydrogen) atoms. The Balaban J connectivity index is 1.44. The summed E-state index contributed by atoms with van der Waals surface area (Å²) in [6.07, 6.45) is -0.577. The minimum Gasteiger partial charge on any atom is -0.361 e. The summed E-state index contributed by atoms with van der Waals surface area (Å²) in [6, 6.07) is 12.8. The zero-order chi connectivity index (χ0) is 20.0. The maximum Gasteiger partial charge on any atom is 0.416 e. The molecule has 2 aromatic carbocycles. The van der Waals surface area contributed by atoms with E-state index in [0.717, 1.165) is 29.5 Å². The van der Waals surface area contributed by atoms with E-state index in [2.05, 4.69) is 22.1 Å². The van der Waals surface area contributed by atoms with Gasteiger partial charge in [-0.3, -0.25) is 4.79 Å². The van der Waals surface area contributed by atoms with E-state index in [1.165, 1.54) is 17.7 Å². The number of hydrogen-bond acceptors (Lipinski definition) is 1. The van der Waals surface area contributed by atoms with Gasteiger partial charge in [0.05, 0.1) is 12.1 Å². The first-order chi connectivity index (χ1) is 13.4. The minimum atomic E-state index is -4.39. The van der Waals surface area contributed by atoms with Crippen molar-refractivity contribution in [1.82, 2.24) is 10.3 Å². The van der Waals surface area contributed by atoms with Crippen LogP contribution in [-0.4, -0.2) is 17.4 Å².